The lowest BCUT2D eigenvalue weighted by Gasteiger charge is -2.33. The molecule has 3 aliphatic heterocycles. The molecule has 12 heteroatoms. The highest BCUT2D eigenvalue weighted by Crippen LogP contribution is 2.26. The van der Waals surface area contributed by atoms with Crippen molar-refractivity contribution in [3.05, 3.63) is 58.6 Å². The van der Waals surface area contributed by atoms with E-state index in [9.17, 15) is 14.4 Å². The van der Waals surface area contributed by atoms with Crippen LogP contribution in [0.15, 0.2) is 52.4 Å². The highest BCUT2D eigenvalue weighted by molar-refractivity contribution is 6.32. The minimum Gasteiger partial charge on any atom is -0.492 e. The fourth-order valence-corrected chi connectivity index (χ4v) is 4.44. The SMILES string of the molecule is C=NC1=NCc2ccc(c(Cl)c2)OCCCN(C(=O)CNC(=O)OC(C)(C)C)CC(C)(C)CNC(=O)c2ccc(cc2)N1. The number of alkyl carbamates (subject to hydrolysis) is 1. The highest BCUT2D eigenvalue weighted by atomic mass is 35.5. The summed E-state index contributed by atoms with van der Waals surface area (Å²) in [6.45, 7) is 14.2. The van der Waals surface area contributed by atoms with Gasteiger partial charge in [0.1, 0.15) is 17.9 Å². The topological polar surface area (TPSA) is 134 Å². The van der Waals surface area contributed by atoms with E-state index < -0.39 is 17.1 Å². The maximum absolute atomic E-state index is 13.2. The van der Waals surface area contributed by atoms with Gasteiger partial charge in [-0.3, -0.25) is 9.59 Å². The fourth-order valence-electron chi connectivity index (χ4n) is 4.19. The molecule has 43 heavy (non-hydrogen) atoms. The number of ether oxygens (including phenoxy) is 2. The molecule has 0 radical (unpaired) electrons. The maximum atomic E-state index is 13.2. The largest absolute Gasteiger partial charge is 0.492 e. The Morgan fingerprint density at radius 1 is 1.21 bits per heavy atom. The molecule has 3 N–H and O–H groups in total. The van der Waals surface area contributed by atoms with Gasteiger partial charge >= 0.3 is 6.09 Å². The molecule has 3 heterocycles. The van der Waals surface area contributed by atoms with E-state index in [1.807, 2.05) is 19.9 Å². The van der Waals surface area contributed by atoms with Crippen LogP contribution in [0.2, 0.25) is 5.02 Å². The first kappa shape index (κ1) is 33.4. The van der Waals surface area contributed by atoms with Gasteiger partial charge in [0.2, 0.25) is 11.9 Å². The summed E-state index contributed by atoms with van der Waals surface area (Å²) in [6.07, 6.45) is -0.160. The molecule has 0 atom stereocenters. The van der Waals surface area contributed by atoms with E-state index in [0.717, 1.165) is 5.56 Å². The van der Waals surface area contributed by atoms with Crippen molar-refractivity contribution in [1.82, 2.24) is 15.5 Å². The number of carbonyl (C=O) groups is 3. The minimum absolute atomic E-state index is 0.225. The predicted octanol–water partition coefficient (Wildman–Crippen LogP) is 4.90. The molecular weight excluding hydrogens is 572 g/mol. The number of carbonyl (C=O) groups excluding carboxylic acids is 3. The molecular formula is C31H41ClN6O5. The summed E-state index contributed by atoms with van der Waals surface area (Å²) in [5.41, 5.74) is 0.856. The van der Waals surface area contributed by atoms with Crippen LogP contribution in [-0.2, 0) is 16.1 Å². The smallest absolute Gasteiger partial charge is 0.408 e. The van der Waals surface area contributed by atoms with Gasteiger partial charge in [0, 0.05) is 30.9 Å². The van der Waals surface area contributed by atoms with Crippen molar-refractivity contribution in [2.45, 2.75) is 53.2 Å². The summed E-state index contributed by atoms with van der Waals surface area (Å²) >= 11 is 6.48. The van der Waals surface area contributed by atoms with Crippen molar-refractivity contribution in [2.75, 3.05) is 38.1 Å². The molecule has 2 aromatic carbocycles. The summed E-state index contributed by atoms with van der Waals surface area (Å²) in [5, 5.41) is 9.04. The third-order valence-corrected chi connectivity index (χ3v) is 6.57. The van der Waals surface area contributed by atoms with E-state index >= 15 is 0 Å². The standard InChI is InChI=1S/C31H41ClN6O5/c1-30(2,3)43-29(41)35-18-26(39)38-14-7-15-42-25-13-8-21(16-24(25)32)17-34-28(33-6)37-23-11-9-22(10-12-23)27(40)36-19-31(4,5)20-38/h8-13,16H,6-7,14-15,17-20H2,1-5H3,(H,34,37)(H,35,41)(H,36,40). The summed E-state index contributed by atoms with van der Waals surface area (Å²) in [6, 6.07) is 12.3. The number of aliphatic imine (C=N–C) groups is 2. The Hall–Kier alpha value is -4.12. The molecule has 0 spiro atoms. The first-order chi connectivity index (χ1) is 20.2. The van der Waals surface area contributed by atoms with Crippen molar-refractivity contribution >= 4 is 47.9 Å². The Bertz CT molecular complexity index is 1340. The van der Waals surface area contributed by atoms with Gasteiger partial charge in [-0.25, -0.2) is 14.8 Å². The number of hydrogen-bond donors (Lipinski definition) is 3. The number of nitrogens with one attached hydrogen (secondary N) is 3. The fraction of sp³-hybridized carbons (Fsp3) is 0.452. The molecule has 2 aromatic rings. The molecule has 0 unspecified atom stereocenters. The number of fused-ring (bicyclic) bond motifs is 2. The molecule has 0 saturated heterocycles. The van der Waals surface area contributed by atoms with Crippen molar-refractivity contribution < 1.29 is 23.9 Å². The summed E-state index contributed by atoms with van der Waals surface area (Å²) in [5.74, 6) is 0.330. The zero-order valence-corrected chi connectivity index (χ0v) is 26.2. The third kappa shape index (κ3) is 11.2. The van der Waals surface area contributed by atoms with E-state index in [2.05, 4.69) is 32.7 Å². The van der Waals surface area contributed by atoms with E-state index in [-0.39, 0.29) is 18.4 Å². The molecule has 3 amide bonds. The van der Waals surface area contributed by atoms with Crippen LogP contribution in [0.3, 0.4) is 0 Å². The van der Waals surface area contributed by atoms with Crippen LogP contribution in [0.1, 0.15) is 57.0 Å². The van der Waals surface area contributed by atoms with Gasteiger partial charge < -0.3 is 30.3 Å². The minimum atomic E-state index is -0.684. The zero-order valence-electron chi connectivity index (χ0n) is 25.5. The second-order valence-electron chi connectivity index (χ2n) is 12.0. The number of guanidine groups is 1. The van der Waals surface area contributed by atoms with Crippen LogP contribution in [0, 0.1) is 5.41 Å². The van der Waals surface area contributed by atoms with E-state index in [1.165, 1.54) is 0 Å². The Labute approximate surface area is 258 Å². The monoisotopic (exact) mass is 612 g/mol. The summed E-state index contributed by atoms with van der Waals surface area (Å²) in [7, 11) is 0. The lowest BCUT2D eigenvalue weighted by Crippen LogP contribution is -2.48. The van der Waals surface area contributed by atoms with E-state index in [0.29, 0.717) is 67.2 Å². The predicted molar refractivity (Wildman–Crippen MR) is 169 cm³/mol. The van der Waals surface area contributed by atoms with Crippen molar-refractivity contribution in [2.24, 2.45) is 15.4 Å². The number of benzene rings is 2. The molecule has 0 saturated carbocycles. The second kappa shape index (κ2) is 14.9. The Kier molecular flexibility index (Phi) is 11.5. The molecule has 0 fully saturated rings. The Morgan fingerprint density at radius 2 is 1.93 bits per heavy atom. The van der Waals surface area contributed by atoms with E-state index in [4.69, 9.17) is 21.1 Å². The van der Waals surface area contributed by atoms with Crippen LogP contribution < -0.4 is 20.7 Å². The Morgan fingerprint density at radius 3 is 2.58 bits per heavy atom. The van der Waals surface area contributed by atoms with Crippen LogP contribution >= 0.6 is 11.6 Å². The van der Waals surface area contributed by atoms with Crippen LogP contribution in [0.25, 0.3) is 0 Å². The number of amides is 3. The molecule has 4 bridgehead atoms. The lowest BCUT2D eigenvalue weighted by molar-refractivity contribution is -0.131. The molecule has 11 nitrogen and oxygen atoms in total. The Balaban J connectivity index is 1.81. The van der Waals surface area contributed by atoms with Crippen molar-refractivity contribution in [3.8, 4) is 5.75 Å². The van der Waals surface area contributed by atoms with Gasteiger partial charge in [0.15, 0.2) is 0 Å². The summed E-state index contributed by atoms with van der Waals surface area (Å²) in [4.78, 5) is 48.4. The zero-order chi connectivity index (χ0) is 31.6. The molecule has 0 aliphatic carbocycles. The summed E-state index contributed by atoms with van der Waals surface area (Å²) < 4.78 is 11.2. The average Bonchev–Trinajstić information content (AvgIpc) is 2.94. The van der Waals surface area contributed by atoms with Crippen LogP contribution in [0.5, 0.6) is 5.75 Å². The number of rotatable bonds is 2. The first-order valence-electron chi connectivity index (χ1n) is 14.1. The first-order valence-corrected chi connectivity index (χ1v) is 14.4. The van der Waals surface area contributed by atoms with Gasteiger partial charge in [0.05, 0.1) is 18.2 Å². The lowest BCUT2D eigenvalue weighted by atomic mass is 9.92. The average molecular weight is 613 g/mol. The third-order valence-electron chi connectivity index (χ3n) is 6.27. The number of hydrogen-bond acceptors (Lipinski definition) is 8. The molecule has 232 valence electrons. The second-order valence-corrected chi connectivity index (χ2v) is 12.4. The quantitative estimate of drug-likeness (QED) is 0.413. The normalized spacial score (nSPS) is 16.4. The molecule has 0 aromatic heterocycles. The van der Waals surface area contributed by atoms with Gasteiger partial charge in [-0.2, -0.15) is 0 Å². The molecule has 5 rings (SSSR count). The highest BCUT2D eigenvalue weighted by Gasteiger charge is 2.27. The van der Waals surface area contributed by atoms with Crippen LogP contribution in [-0.4, -0.2) is 73.9 Å². The van der Waals surface area contributed by atoms with Crippen LogP contribution in [0.4, 0.5) is 10.5 Å². The van der Waals surface area contributed by atoms with Gasteiger partial charge in [0.25, 0.3) is 5.91 Å². The maximum Gasteiger partial charge on any atom is 0.408 e. The van der Waals surface area contributed by atoms with Crippen molar-refractivity contribution in [3.63, 3.8) is 0 Å². The van der Waals surface area contributed by atoms with Gasteiger partial charge in [-0.05, 0) is 81.3 Å². The van der Waals surface area contributed by atoms with Crippen molar-refractivity contribution in [1.29, 1.82) is 0 Å². The number of anilines is 1. The van der Waals surface area contributed by atoms with Gasteiger partial charge in [-0.15, -0.1) is 0 Å². The number of halogens is 1. The number of nitrogens with zero attached hydrogens (tertiary/aromatic N) is 3. The molecule has 3 aliphatic rings. The van der Waals surface area contributed by atoms with E-state index in [1.54, 1.807) is 62.1 Å². The van der Waals surface area contributed by atoms with Gasteiger partial charge in [-0.1, -0.05) is 31.5 Å².